The third kappa shape index (κ3) is 4.05. The molecule has 0 unspecified atom stereocenters. The van der Waals surface area contributed by atoms with Crippen LogP contribution in [0.5, 0.6) is 0 Å². The number of rotatable bonds is 4. The molecule has 0 radical (unpaired) electrons. The molecule has 3 aromatic rings. The first kappa shape index (κ1) is 19.3. The zero-order chi connectivity index (χ0) is 20.4. The van der Waals surface area contributed by atoms with Crippen LogP contribution in [0.15, 0.2) is 64.0 Å². The second-order valence-corrected chi connectivity index (χ2v) is 8.14. The molecule has 1 heterocycles. The summed E-state index contributed by atoms with van der Waals surface area (Å²) in [4.78, 5) is 16.4. The smallest absolute Gasteiger partial charge is 0.258 e. The van der Waals surface area contributed by atoms with Crippen molar-refractivity contribution < 1.29 is 4.92 Å². The highest BCUT2D eigenvalue weighted by Crippen LogP contribution is 2.26. The van der Waals surface area contributed by atoms with E-state index in [4.69, 9.17) is 10.1 Å². The van der Waals surface area contributed by atoms with Gasteiger partial charge in [-0.25, -0.2) is 4.68 Å². The molecule has 2 aromatic carbocycles. The van der Waals surface area contributed by atoms with E-state index >= 15 is 0 Å². The van der Waals surface area contributed by atoms with Crippen LogP contribution < -0.4 is 4.80 Å². The number of nitro groups is 1. The summed E-state index contributed by atoms with van der Waals surface area (Å²) in [6.07, 6.45) is 3.02. The van der Waals surface area contributed by atoms with Gasteiger partial charge in [-0.1, -0.05) is 36.4 Å². The predicted molar refractivity (Wildman–Crippen MR) is 116 cm³/mol. The van der Waals surface area contributed by atoms with Gasteiger partial charge in [0, 0.05) is 34.7 Å². The predicted octanol–water partition coefficient (Wildman–Crippen LogP) is 5.02. The fraction of sp³-hybridized carbons (Fsp3) is 0.273. The highest BCUT2D eigenvalue weighted by Gasteiger charge is 2.17. The van der Waals surface area contributed by atoms with Crippen molar-refractivity contribution in [2.24, 2.45) is 10.1 Å². The number of aryl methyl sites for hydroxylation is 1. The SMILES string of the molecule is CC(C)N=c1scc(-c2cccc([N+](=O)[O-])c2)n1N=C1CCCc2ccccc21. The number of benzene rings is 2. The maximum atomic E-state index is 11.2. The molecule has 0 saturated heterocycles. The van der Waals surface area contributed by atoms with E-state index in [0.717, 1.165) is 41.0 Å². The Labute approximate surface area is 173 Å². The Bertz CT molecular complexity index is 1160. The van der Waals surface area contributed by atoms with Crippen LogP contribution in [0.4, 0.5) is 5.69 Å². The number of fused-ring (bicyclic) bond motifs is 1. The summed E-state index contributed by atoms with van der Waals surface area (Å²) in [6.45, 7) is 4.06. The summed E-state index contributed by atoms with van der Waals surface area (Å²) in [5, 5.41) is 18.2. The van der Waals surface area contributed by atoms with Crippen molar-refractivity contribution in [2.75, 3.05) is 0 Å². The Morgan fingerprint density at radius 1 is 1.14 bits per heavy atom. The second-order valence-electron chi connectivity index (χ2n) is 7.30. The largest absolute Gasteiger partial charge is 0.270 e. The number of thiazole rings is 1. The van der Waals surface area contributed by atoms with Crippen LogP contribution in [0.25, 0.3) is 11.3 Å². The number of non-ortho nitro benzene ring substituents is 1. The molecular weight excluding hydrogens is 384 g/mol. The molecule has 0 atom stereocenters. The summed E-state index contributed by atoms with van der Waals surface area (Å²) in [5.74, 6) is 0. The minimum atomic E-state index is -0.372. The highest BCUT2D eigenvalue weighted by molar-refractivity contribution is 7.07. The molecule has 0 spiro atoms. The minimum Gasteiger partial charge on any atom is -0.258 e. The van der Waals surface area contributed by atoms with E-state index < -0.39 is 0 Å². The summed E-state index contributed by atoms with van der Waals surface area (Å²) in [7, 11) is 0. The van der Waals surface area contributed by atoms with Gasteiger partial charge in [-0.2, -0.15) is 5.10 Å². The van der Waals surface area contributed by atoms with Crippen molar-refractivity contribution in [3.8, 4) is 11.3 Å². The second kappa shape index (κ2) is 8.13. The fourth-order valence-electron chi connectivity index (χ4n) is 3.51. The summed E-state index contributed by atoms with van der Waals surface area (Å²) < 4.78 is 1.85. The fourth-order valence-corrected chi connectivity index (χ4v) is 4.47. The van der Waals surface area contributed by atoms with E-state index in [1.165, 1.54) is 28.5 Å². The summed E-state index contributed by atoms with van der Waals surface area (Å²) >= 11 is 1.50. The molecule has 0 bridgehead atoms. The molecule has 148 valence electrons. The Morgan fingerprint density at radius 2 is 1.97 bits per heavy atom. The zero-order valence-corrected chi connectivity index (χ0v) is 17.2. The molecule has 1 aromatic heterocycles. The molecule has 4 rings (SSSR count). The molecule has 1 aliphatic carbocycles. The third-order valence-electron chi connectivity index (χ3n) is 4.82. The molecule has 0 saturated carbocycles. The van der Waals surface area contributed by atoms with Crippen LogP contribution in [0, 0.1) is 10.1 Å². The third-order valence-corrected chi connectivity index (χ3v) is 5.65. The van der Waals surface area contributed by atoms with Gasteiger partial charge in [-0.3, -0.25) is 15.1 Å². The maximum Gasteiger partial charge on any atom is 0.270 e. The van der Waals surface area contributed by atoms with Gasteiger partial charge < -0.3 is 0 Å². The van der Waals surface area contributed by atoms with Crippen LogP contribution in [-0.4, -0.2) is 21.4 Å². The van der Waals surface area contributed by atoms with E-state index in [2.05, 4.69) is 18.2 Å². The van der Waals surface area contributed by atoms with Gasteiger partial charge in [0.25, 0.3) is 5.69 Å². The first-order valence-electron chi connectivity index (χ1n) is 9.68. The van der Waals surface area contributed by atoms with Crippen molar-refractivity contribution in [3.63, 3.8) is 0 Å². The zero-order valence-electron chi connectivity index (χ0n) is 16.4. The van der Waals surface area contributed by atoms with E-state index in [1.807, 2.05) is 36.0 Å². The quantitative estimate of drug-likeness (QED) is 0.451. The van der Waals surface area contributed by atoms with Crippen molar-refractivity contribution in [1.82, 2.24) is 4.68 Å². The van der Waals surface area contributed by atoms with E-state index in [0.29, 0.717) is 0 Å². The van der Waals surface area contributed by atoms with Crippen LogP contribution >= 0.6 is 11.3 Å². The monoisotopic (exact) mass is 406 g/mol. The lowest BCUT2D eigenvalue weighted by Gasteiger charge is -2.18. The number of hydrogen-bond donors (Lipinski definition) is 0. The van der Waals surface area contributed by atoms with Crippen molar-refractivity contribution in [2.45, 2.75) is 39.2 Å². The molecule has 0 fully saturated rings. The summed E-state index contributed by atoms with van der Waals surface area (Å²) in [6, 6.07) is 15.2. The number of nitrogens with zero attached hydrogens (tertiary/aromatic N) is 4. The van der Waals surface area contributed by atoms with E-state index in [-0.39, 0.29) is 16.7 Å². The topological polar surface area (TPSA) is 72.8 Å². The van der Waals surface area contributed by atoms with Crippen LogP contribution in [0.3, 0.4) is 0 Å². The first-order chi connectivity index (χ1) is 14.0. The Kier molecular flexibility index (Phi) is 5.40. The number of hydrogen-bond acceptors (Lipinski definition) is 5. The molecule has 0 N–H and O–H groups in total. The van der Waals surface area contributed by atoms with Gasteiger partial charge >= 0.3 is 0 Å². The van der Waals surface area contributed by atoms with Gasteiger partial charge in [0.15, 0.2) is 0 Å². The highest BCUT2D eigenvalue weighted by atomic mass is 32.1. The lowest BCUT2D eigenvalue weighted by Crippen LogP contribution is -2.19. The van der Waals surface area contributed by atoms with Gasteiger partial charge in [0.05, 0.1) is 16.3 Å². The Morgan fingerprint density at radius 3 is 2.76 bits per heavy atom. The number of aromatic nitrogens is 1. The lowest BCUT2D eigenvalue weighted by atomic mass is 9.90. The molecule has 29 heavy (non-hydrogen) atoms. The van der Waals surface area contributed by atoms with Gasteiger partial charge in [0.1, 0.15) is 0 Å². The minimum absolute atomic E-state index is 0.0678. The molecule has 1 aliphatic rings. The standard InChI is InChI=1S/C22H22N4O2S/c1-15(2)23-22-25(24-20-12-6-8-16-7-3-4-11-19(16)20)21(14-29-22)17-9-5-10-18(13-17)26(27)28/h3-5,7,9-11,13-15H,6,8,12H2,1-2H3. The molecule has 0 aliphatic heterocycles. The van der Waals surface area contributed by atoms with Crippen LogP contribution in [-0.2, 0) is 6.42 Å². The molecule has 0 amide bonds. The average Bonchev–Trinajstić information content (AvgIpc) is 3.10. The van der Waals surface area contributed by atoms with Crippen LogP contribution in [0.2, 0.25) is 0 Å². The first-order valence-corrected chi connectivity index (χ1v) is 10.6. The normalized spacial score (nSPS) is 15.7. The molecular formula is C22H22N4O2S. The average molecular weight is 407 g/mol. The summed E-state index contributed by atoms with van der Waals surface area (Å²) in [5.41, 5.74) is 5.16. The number of nitro benzene ring substituents is 1. The molecule has 7 heteroatoms. The van der Waals surface area contributed by atoms with E-state index in [9.17, 15) is 10.1 Å². The van der Waals surface area contributed by atoms with Gasteiger partial charge in [-0.15, -0.1) is 11.3 Å². The van der Waals surface area contributed by atoms with Gasteiger partial charge in [0.2, 0.25) is 4.80 Å². The van der Waals surface area contributed by atoms with Crippen LogP contribution in [0.1, 0.15) is 37.8 Å². The molecule has 6 nitrogen and oxygen atoms in total. The Balaban J connectivity index is 1.90. The van der Waals surface area contributed by atoms with E-state index in [1.54, 1.807) is 12.1 Å². The lowest BCUT2D eigenvalue weighted by molar-refractivity contribution is -0.384. The van der Waals surface area contributed by atoms with Crippen molar-refractivity contribution >= 4 is 22.7 Å². The van der Waals surface area contributed by atoms with Gasteiger partial charge in [-0.05, 0) is 38.7 Å². The van der Waals surface area contributed by atoms with Crippen molar-refractivity contribution in [1.29, 1.82) is 0 Å². The maximum absolute atomic E-state index is 11.2. The van der Waals surface area contributed by atoms with Crippen molar-refractivity contribution in [3.05, 3.63) is 80.0 Å². The Hall–Kier alpha value is -3.06.